The van der Waals surface area contributed by atoms with Crippen molar-refractivity contribution in [1.82, 2.24) is 0 Å². The van der Waals surface area contributed by atoms with Crippen molar-refractivity contribution in [3.63, 3.8) is 0 Å². The minimum absolute atomic E-state index is 0.444. The molecule has 0 saturated carbocycles. The summed E-state index contributed by atoms with van der Waals surface area (Å²) in [5.41, 5.74) is 0. The molecular weight excluding hydrogens is 166 g/mol. The van der Waals surface area contributed by atoms with E-state index in [9.17, 15) is 0 Å². The quantitative estimate of drug-likeness (QED) is 0.324. The van der Waals surface area contributed by atoms with Crippen LogP contribution in [0.5, 0.6) is 0 Å². The van der Waals surface area contributed by atoms with Crippen LogP contribution in [0.15, 0.2) is 0 Å². The van der Waals surface area contributed by atoms with Gasteiger partial charge in [-0.3, -0.25) is 5.41 Å². The van der Waals surface area contributed by atoms with Crippen molar-refractivity contribution < 1.29 is 25.2 Å². The number of rotatable bonds is 1. The molecule has 4 atom stereocenters. The molecule has 6 heteroatoms. The summed E-state index contributed by atoms with van der Waals surface area (Å²) in [5, 5.41) is 41.1. The van der Waals surface area contributed by atoms with Gasteiger partial charge in [0.2, 0.25) is 12.0 Å². The molecule has 0 spiro atoms. The molecule has 1 saturated heterocycles. The molecule has 0 aliphatic carbocycles. The van der Waals surface area contributed by atoms with Gasteiger partial charge < -0.3 is 25.2 Å². The summed E-state index contributed by atoms with van der Waals surface area (Å²) in [6.45, 7) is -0.444. The highest BCUT2D eigenvalue weighted by Gasteiger charge is 2.44. The van der Waals surface area contributed by atoms with Crippen molar-refractivity contribution in [3.05, 3.63) is 0 Å². The summed E-state index contributed by atoms with van der Waals surface area (Å²) in [5.74, 6) is -0.495. The molecule has 1 aliphatic heterocycles. The fourth-order valence-corrected chi connectivity index (χ4v) is 1.03. The lowest BCUT2D eigenvalue weighted by Gasteiger charge is -2.31. The van der Waals surface area contributed by atoms with Crippen molar-refractivity contribution in [2.45, 2.75) is 24.4 Å². The fourth-order valence-electron chi connectivity index (χ4n) is 1.03. The van der Waals surface area contributed by atoms with Crippen LogP contribution in [0.2, 0.25) is 0 Å². The summed E-state index contributed by atoms with van der Waals surface area (Å²) in [7, 11) is 0. The zero-order valence-corrected chi connectivity index (χ0v) is 6.27. The van der Waals surface area contributed by atoms with Gasteiger partial charge in [0.25, 0.3) is 0 Å². The average Bonchev–Trinajstić information content (AvgIpc) is 2.08. The monoisotopic (exact) mass is 178 g/mol. The van der Waals surface area contributed by atoms with E-state index in [1.54, 1.807) is 0 Å². The standard InChI is InChI=1S/C6H11NO5/c7-6-5(11)4(10)3(9)2(1-8)12-6/h2-5,7-11H,1H2/p+1. The van der Waals surface area contributed by atoms with E-state index in [2.05, 4.69) is 4.74 Å². The molecule has 0 aromatic heterocycles. The number of nitrogens with one attached hydrogen (secondary N) is 1. The van der Waals surface area contributed by atoms with E-state index >= 15 is 0 Å². The topological polar surface area (TPSA) is 117 Å². The van der Waals surface area contributed by atoms with Crippen LogP contribution in [0, 0.1) is 5.41 Å². The lowest BCUT2D eigenvalue weighted by molar-refractivity contribution is -0.129. The summed E-state index contributed by atoms with van der Waals surface area (Å²) >= 11 is 0. The molecule has 0 radical (unpaired) electrons. The minimum atomic E-state index is -1.45. The molecule has 6 nitrogen and oxygen atoms in total. The molecule has 1 heterocycles. The van der Waals surface area contributed by atoms with Crippen LogP contribution in [0.3, 0.4) is 0 Å². The number of aliphatic hydroxyl groups is 3. The highest BCUT2D eigenvalue weighted by atomic mass is 16.5. The minimum Gasteiger partial charge on any atom is -0.465 e. The van der Waals surface area contributed by atoms with Crippen LogP contribution in [0.25, 0.3) is 0 Å². The van der Waals surface area contributed by atoms with Crippen LogP contribution >= 0.6 is 0 Å². The first-order valence-electron chi connectivity index (χ1n) is 3.51. The normalized spacial score (nSPS) is 42.5. The van der Waals surface area contributed by atoms with Gasteiger partial charge in [-0.2, -0.15) is 0 Å². The van der Waals surface area contributed by atoms with E-state index < -0.39 is 36.9 Å². The van der Waals surface area contributed by atoms with Crippen molar-refractivity contribution in [2.24, 2.45) is 0 Å². The molecule has 12 heavy (non-hydrogen) atoms. The zero-order chi connectivity index (χ0) is 9.30. The molecule has 70 valence electrons. The van der Waals surface area contributed by atoms with Crippen molar-refractivity contribution in [1.29, 1.82) is 5.41 Å². The number of aliphatic hydroxyl groups excluding tert-OH is 3. The predicted octanol–water partition coefficient (Wildman–Crippen LogP) is -2.83. The molecule has 1 aliphatic rings. The summed E-state index contributed by atoms with van der Waals surface area (Å²) in [6, 6.07) is 0. The smallest absolute Gasteiger partial charge is 0.223 e. The van der Waals surface area contributed by atoms with Crippen LogP contribution < -0.4 is 0 Å². The Morgan fingerprint density at radius 1 is 1.50 bits per heavy atom. The molecule has 0 amide bonds. The molecule has 1 rings (SSSR count). The lowest BCUT2D eigenvalue weighted by Crippen LogP contribution is -2.56. The van der Waals surface area contributed by atoms with Crippen molar-refractivity contribution in [3.8, 4) is 0 Å². The Bertz CT molecular complexity index is 183. The summed E-state index contributed by atoms with van der Waals surface area (Å²) < 4.78 is 4.67. The second-order valence-electron chi connectivity index (χ2n) is 2.66. The highest BCUT2D eigenvalue weighted by molar-refractivity contribution is 5.79. The average molecular weight is 178 g/mol. The third-order valence-corrected chi connectivity index (χ3v) is 1.82. The van der Waals surface area contributed by atoms with E-state index in [-0.39, 0.29) is 0 Å². The molecule has 0 bridgehead atoms. The molecule has 0 aromatic rings. The summed E-state index contributed by atoms with van der Waals surface area (Å²) in [6.07, 6.45) is -4.84. The van der Waals surface area contributed by atoms with Gasteiger partial charge in [-0.25, -0.2) is 0 Å². The Kier molecular flexibility index (Phi) is 2.63. The first kappa shape index (κ1) is 9.40. The molecule has 1 fully saturated rings. The Balaban J connectivity index is 2.70. The second kappa shape index (κ2) is 3.36. The molecule has 4 unspecified atom stereocenters. The largest absolute Gasteiger partial charge is 0.465 e. The van der Waals surface area contributed by atoms with Crippen molar-refractivity contribution >= 4 is 5.90 Å². The zero-order valence-electron chi connectivity index (χ0n) is 6.27. The van der Waals surface area contributed by atoms with Crippen LogP contribution in [0.4, 0.5) is 0 Å². The Morgan fingerprint density at radius 3 is 2.58 bits per heavy atom. The maximum Gasteiger partial charge on any atom is 0.223 e. The number of ether oxygens (including phenoxy) is 1. The summed E-state index contributed by atoms with van der Waals surface area (Å²) in [4.78, 5) is 0. The van der Waals surface area contributed by atoms with Gasteiger partial charge in [-0.05, 0) is 0 Å². The molecule has 0 aromatic carbocycles. The molecule has 6 N–H and O–H groups in total. The first-order chi connectivity index (χ1) is 5.57. The van der Waals surface area contributed by atoms with Crippen molar-refractivity contribution in [2.75, 3.05) is 6.61 Å². The first-order valence-corrected chi connectivity index (χ1v) is 3.51. The van der Waals surface area contributed by atoms with Crippen LogP contribution in [-0.2, 0) is 4.74 Å². The lowest BCUT2D eigenvalue weighted by atomic mass is 10.00. The Hall–Kier alpha value is -0.690. The second-order valence-corrected chi connectivity index (χ2v) is 2.66. The number of hydrogen-bond acceptors (Lipinski definition) is 5. The Morgan fingerprint density at radius 2 is 2.08 bits per heavy atom. The van der Waals surface area contributed by atoms with E-state index in [1.165, 1.54) is 0 Å². The van der Waals surface area contributed by atoms with Gasteiger partial charge in [-0.15, -0.1) is 0 Å². The van der Waals surface area contributed by atoms with E-state index in [4.69, 9.17) is 25.8 Å². The highest BCUT2D eigenvalue weighted by Crippen LogP contribution is 2.16. The van der Waals surface area contributed by atoms with Gasteiger partial charge in [0.1, 0.15) is 0 Å². The van der Waals surface area contributed by atoms with Gasteiger partial charge in [-0.1, -0.05) is 0 Å². The van der Waals surface area contributed by atoms with Gasteiger partial charge in [0.15, 0.2) is 18.3 Å². The van der Waals surface area contributed by atoms with Crippen LogP contribution in [0.1, 0.15) is 0 Å². The van der Waals surface area contributed by atoms with Gasteiger partial charge in [0, 0.05) is 0 Å². The van der Waals surface area contributed by atoms with Gasteiger partial charge in [0.05, 0.1) is 6.61 Å². The maximum atomic E-state index is 9.15. The van der Waals surface area contributed by atoms with E-state index in [0.29, 0.717) is 0 Å². The molecular formula is C6H12NO5+. The number of hydrogen-bond donors (Lipinski definition) is 4. The van der Waals surface area contributed by atoms with Crippen LogP contribution in [-0.4, -0.2) is 57.3 Å². The third-order valence-electron chi connectivity index (χ3n) is 1.82. The predicted molar refractivity (Wildman–Crippen MR) is 39.1 cm³/mol. The van der Waals surface area contributed by atoms with Gasteiger partial charge >= 0.3 is 0 Å². The van der Waals surface area contributed by atoms with E-state index in [1.807, 2.05) is 0 Å². The fraction of sp³-hybridized carbons (Fsp3) is 0.833. The SMILES string of the molecule is N=C1OC(CO)C([OH2+])C(O)C1O. The maximum absolute atomic E-state index is 9.15. The van der Waals surface area contributed by atoms with E-state index in [0.717, 1.165) is 0 Å². The third kappa shape index (κ3) is 1.42. The Labute approximate surface area is 68.5 Å².